The number of ether oxygens (including phenoxy) is 2. The van der Waals surface area contributed by atoms with Crippen LogP contribution in [-0.2, 0) is 15.1 Å². The van der Waals surface area contributed by atoms with Crippen molar-refractivity contribution in [2.24, 2.45) is 4.99 Å². The van der Waals surface area contributed by atoms with E-state index in [0.717, 1.165) is 3.83 Å². The zero-order valence-electron chi connectivity index (χ0n) is 20.5. The number of aliphatic imine (C=N–C) groups is 1. The van der Waals surface area contributed by atoms with Crippen LogP contribution in [0.1, 0.15) is 37.1 Å². The Labute approximate surface area is 227 Å². The summed E-state index contributed by atoms with van der Waals surface area (Å²) in [4.78, 5) is 28.1. The van der Waals surface area contributed by atoms with Gasteiger partial charge >= 0.3 is 204 Å². The quantitative estimate of drug-likeness (QED) is 0.382. The molecule has 1 aromatic heterocycles. The van der Waals surface area contributed by atoms with Crippen LogP contribution in [0.4, 0.5) is 8.78 Å². The van der Waals surface area contributed by atoms with Crippen LogP contribution in [0.5, 0.6) is 5.88 Å². The van der Waals surface area contributed by atoms with Crippen molar-refractivity contribution in [2.75, 3.05) is 32.9 Å². The Hall–Kier alpha value is -2.73. The first-order valence-electron chi connectivity index (χ1n) is 11.6. The summed E-state index contributed by atoms with van der Waals surface area (Å²) in [7, 11) is 0. The molecule has 0 spiro atoms. The molecule has 7 nitrogen and oxygen atoms in total. The summed E-state index contributed by atoms with van der Waals surface area (Å²) in [5.41, 5.74) is -0.273. The van der Waals surface area contributed by atoms with E-state index in [4.69, 9.17) is 20.9 Å². The van der Waals surface area contributed by atoms with Crippen molar-refractivity contribution in [3.8, 4) is 18.2 Å². The Bertz CT molecular complexity index is 1280. The molecule has 11 heteroatoms. The third-order valence-corrected chi connectivity index (χ3v) is 8.24. The molecule has 4 rings (SSSR count). The molecular weight excluding hydrogens is 561 g/mol. The van der Waals surface area contributed by atoms with Crippen LogP contribution in [0.2, 0.25) is 0 Å². The summed E-state index contributed by atoms with van der Waals surface area (Å²) in [6.45, 7) is 5.79. The van der Waals surface area contributed by atoms with Gasteiger partial charge in [-0.2, -0.15) is 0 Å². The number of morpholine rings is 1. The molecule has 2 aliphatic heterocycles. The number of aromatic nitrogens is 2. The molecule has 37 heavy (non-hydrogen) atoms. The van der Waals surface area contributed by atoms with E-state index in [0.29, 0.717) is 43.9 Å². The van der Waals surface area contributed by atoms with E-state index in [1.807, 2.05) is 13.8 Å². The summed E-state index contributed by atoms with van der Waals surface area (Å²) in [6, 6.07) is 4.35. The first-order chi connectivity index (χ1) is 17.6. The van der Waals surface area contributed by atoms with Crippen LogP contribution in [0, 0.1) is 18.2 Å². The predicted molar refractivity (Wildman–Crippen MR) is 143 cm³/mol. The van der Waals surface area contributed by atoms with Gasteiger partial charge in [0.15, 0.2) is 6.61 Å². The zero-order chi connectivity index (χ0) is 26.6. The van der Waals surface area contributed by atoms with Gasteiger partial charge in [0, 0.05) is 0 Å². The van der Waals surface area contributed by atoms with Gasteiger partial charge < -0.3 is 4.74 Å². The fraction of sp³-hybridized carbons (Fsp3) is 0.385. The molecule has 1 aromatic carbocycles. The standard InChI is InChI=1S/C26H27AsF2N4O3S/c1-4-9-36-22-15-30-21(14-31-22)20(29)13-17-5-6-19(28)18(12-17)25(2)16-26(3,37-24(27)32-25)23(34)33-7-10-35-11-8-33/h1,5-6,12-15H,7-11,16,27H2,2-3H3/b20-13-/t25-,26-/m0/s1. The molecule has 0 bridgehead atoms. The van der Waals surface area contributed by atoms with E-state index in [1.54, 1.807) is 11.0 Å². The second-order valence-corrected chi connectivity index (χ2v) is 12.7. The number of terminal acetylenes is 1. The van der Waals surface area contributed by atoms with Crippen LogP contribution in [0.3, 0.4) is 0 Å². The molecular formula is C26H27AsF2N4O3S. The van der Waals surface area contributed by atoms with Gasteiger partial charge in [-0.3, -0.25) is 0 Å². The number of nitrogens with zero attached hydrogens (tertiary/aromatic N) is 4. The molecule has 194 valence electrons. The number of hydrogen-bond donors (Lipinski definition) is 0. The fourth-order valence-electron chi connectivity index (χ4n) is 4.50. The summed E-state index contributed by atoms with van der Waals surface area (Å²) in [5.74, 6) is 1.38. The average molecular weight is 589 g/mol. The van der Waals surface area contributed by atoms with Crippen LogP contribution < -0.4 is 4.74 Å². The van der Waals surface area contributed by atoms with Gasteiger partial charge in [0.1, 0.15) is 0 Å². The average Bonchev–Trinajstić information content (AvgIpc) is 2.88. The Morgan fingerprint density at radius 3 is 2.76 bits per heavy atom. The van der Waals surface area contributed by atoms with E-state index in [-0.39, 0.29) is 24.1 Å². The van der Waals surface area contributed by atoms with Crippen molar-refractivity contribution in [1.82, 2.24) is 14.9 Å². The first-order valence-corrected chi connectivity index (χ1v) is 13.6. The van der Waals surface area contributed by atoms with E-state index >= 15 is 4.39 Å². The molecule has 1 unspecified atom stereocenters. The van der Waals surface area contributed by atoms with E-state index in [2.05, 4.69) is 15.9 Å². The van der Waals surface area contributed by atoms with Crippen LogP contribution in [0.25, 0.3) is 11.9 Å². The Kier molecular flexibility index (Phi) is 8.37. The van der Waals surface area contributed by atoms with Crippen LogP contribution in [0.15, 0.2) is 35.6 Å². The minimum absolute atomic E-state index is 0.000501. The van der Waals surface area contributed by atoms with Gasteiger partial charge in [0.25, 0.3) is 0 Å². The first kappa shape index (κ1) is 27.3. The van der Waals surface area contributed by atoms with Crippen LogP contribution in [-0.4, -0.2) is 79.1 Å². The molecule has 1 amide bonds. The van der Waals surface area contributed by atoms with E-state index in [9.17, 15) is 9.18 Å². The summed E-state index contributed by atoms with van der Waals surface area (Å²) in [5, 5.41) is 0. The van der Waals surface area contributed by atoms with Crippen molar-refractivity contribution < 1.29 is 23.0 Å². The van der Waals surface area contributed by atoms with Crippen molar-refractivity contribution in [3.63, 3.8) is 0 Å². The SMILES string of the molecule is C#CCOc1cnc(/C(F)=C/c2ccc(F)c([C@]3(C)C[C@@](C)(C(=O)N4CCOCC4)SC([AsH2])=N3)c2)cn1. The third-order valence-electron chi connectivity index (χ3n) is 6.16. The molecule has 1 saturated heterocycles. The Morgan fingerprint density at radius 1 is 1.32 bits per heavy atom. The predicted octanol–water partition coefficient (Wildman–Crippen LogP) is 3.05. The zero-order valence-corrected chi connectivity index (χ0v) is 23.8. The molecule has 2 aliphatic rings. The Balaban J connectivity index is 1.62. The summed E-state index contributed by atoms with van der Waals surface area (Å²) >= 11 is 2.71. The Morgan fingerprint density at radius 2 is 2.08 bits per heavy atom. The maximum absolute atomic E-state index is 15.2. The number of benzene rings is 1. The van der Waals surface area contributed by atoms with E-state index < -0.39 is 21.9 Å². The molecule has 0 radical (unpaired) electrons. The van der Waals surface area contributed by atoms with Gasteiger partial charge in [-0.05, 0) is 0 Å². The number of rotatable bonds is 6. The number of hydrogen-bond acceptors (Lipinski definition) is 7. The minimum atomic E-state index is -1.01. The normalized spacial score (nSPS) is 24.3. The van der Waals surface area contributed by atoms with Gasteiger partial charge in [-0.25, -0.2) is 0 Å². The second-order valence-electron chi connectivity index (χ2n) is 9.10. The second kappa shape index (κ2) is 11.3. The van der Waals surface area contributed by atoms with Crippen molar-refractivity contribution in [3.05, 3.63) is 53.2 Å². The van der Waals surface area contributed by atoms with Crippen molar-refractivity contribution >= 4 is 50.3 Å². The van der Waals surface area contributed by atoms with Gasteiger partial charge in [-0.1, -0.05) is 5.92 Å². The van der Waals surface area contributed by atoms with Gasteiger partial charge in [0.05, 0.1) is 0 Å². The number of amides is 1. The van der Waals surface area contributed by atoms with Crippen molar-refractivity contribution in [2.45, 2.75) is 30.6 Å². The molecule has 0 saturated carbocycles. The van der Waals surface area contributed by atoms with Crippen LogP contribution >= 0.6 is 11.8 Å². The topological polar surface area (TPSA) is 76.9 Å². The van der Waals surface area contributed by atoms with Crippen molar-refractivity contribution in [1.29, 1.82) is 0 Å². The van der Waals surface area contributed by atoms with Gasteiger partial charge in [-0.15, -0.1) is 6.42 Å². The fourth-order valence-corrected chi connectivity index (χ4v) is 8.01. The van der Waals surface area contributed by atoms with E-state index in [1.165, 1.54) is 59.2 Å². The maximum atomic E-state index is 15.2. The monoisotopic (exact) mass is 588 g/mol. The molecule has 0 N–H and O–H groups in total. The molecule has 3 heterocycles. The number of carbonyl (C=O) groups excluding carboxylic acids is 1. The molecule has 0 aliphatic carbocycles. The third kappa shape index (κ3) is 6.23. The molecule has 1 fully saturated rings. The molecule has 2 aromatic rings. The summed E-state index contributed by atoms with van der Waals surface area (Å²) < 4.78 is 40.6. The number of thioether (sulfide) groups is 1. The summed E-state index contributed by atoms with van der Waals surface area (Å²) in [6.07, 6.45) is 9.22. The number of halogens is 2. The number of carbonyl (C=O) groups is 1. The molecule has 3 atom stereocenters. The van der Waals surface area contributed by atoms with Gasteiger partial charge in [0.2, 0.25) is 0 Å².